The summed E-state index contributed by atoms with van der Waals surface area (Å²) in [5.74, 6) is -0.490. The second kappa shape index (κ2) is 10.5. The monoisotopic (exact) mass is 562 g/mol. The molecule has 0 spiro atoms. The smallest absolute Gasteiger partial charge is 0.394 e. The number of fused-ring (bicyclic) bond motifs is 1. The maximum atomic E-state index is 15.4. The van der Waals surface area contributed by atoms with Crippen molar-refractivity contribution in [3.63, 3.8) is 0 Å². The highest BCUT2D eigenvalue weighted by molar-refractivity contribution is 7.79. The molecule has 2 heterocycles. The molecule has 1 aliphatic rings. The first-order valence-electron chi connectivity index (χ1n) is 11.0. The Hall–Kier alpha value is -3.87. The molecule has 1 aliphatic carbocycles. The van der Waals surface area contributed by atoms with Gasteiger partial charge >= 0.3 is 10.4 Å². The lowest BCUT2D eigenvalue weighted by Crippen LogP contribution is -2.13. The molecule has 0 atom stereocenters. The number of rotatable bonds is 5. The summed E-state index contributed by atoms with van der Waals surface area (Å²) in [6, 6.07) is 8.57. The Kier molecular flexibility index (Phi) is 7.49. The largest absolute Gasteiger partial charge is 0.489 e. The van der Waals surface area contributed by atoms with Crippen molar-refractivity contribution in [1.29, 1.82) is 5.26 Å². The molecule has 0 bridgehead atoms. The number of aromatic amines is 1. The molecule has 5 rings (SSSR count). The van der Waals surface area contributed by atoms with Crippen molar-refractivity contribution in [2.24, 2.45) is 12.8 Å². The first kappa shape index (κ1) is 27.2. The maximum absolute atomic E-state index is 15.4. The number of aromatic nitrogens is 4. The predicted octanol–water partition coefficient (Wildman–Crippen LogP) is 3.00. The summed E-state index contributed by atoms with van der Waals surface area (Å²) in [6.07, 6.45) is 3.32. The van der Waals surface area contributed by atoms with Crippen LogP contribution in [0.15, 0.2) is 35.3 Å². The van der Waals surface area contributed by atoms with Gasteiger partial charge in [0.1, 0.15) is 17.4 Å². The van der Waals surface area contributed by atoms with Crippen LogP contribution in [0.5, 0.6) is 5.75 Å². The lowest BCUT2D eigenvalue weighted by atomic mass is 9.95. The molecule has 2 aromatic carbocycles. The highest BCUT2D eigenvalue weighted by Crippen LogP contribution is 2.43. The summed E-state index contributed by atoms with van der Waals surface area (Å²) in [7, 11) is -3.01. The molecule has 0 radical (unpaired) electrons. The fourth-order valence-electron chi connectivity index (χ4n) is 3.88. The number of halogens is 2. The lowest BCUT2D eigenvalue weighted by Gasteiger charge is -2.15. The molecule has 0 amide bonds. The summed E-state index contributed by atoms with van der Waals surface area (Å²) in [5.41, 5.74) is 7.61. The second-order valence-electron chi connectivity index (χ2n) is 8.29. The van der Waals surface area contributed by atoms with Gasteiger partial charge in [0.2, 0.25) is 0 Å². The molecule has 38 heavy (non-hydrogen) atoms. The van der Waals surface area contributed by atoms with E-state index in [1.807, 2.05) is 0 Å². The Bertz CT molecular complexity index is 1750. The van der Waals surface area contributed by atoms with Crippen molar-refractivity contribution >= 4 is 32.8 Å². The van der Waals surface area contributed by atoms with Crippen molar-refractivity contribution in [3.05, 3.63) is 62.9 Å². The number of ether oxygens (including phenoxy) is 1. The first-order chi connectivity index (χ1) is 17.9. The van der Waals surface area contributed by atoms with Gasteiger partial charge in [-0.15, -0.1) is 0 Å². The minimum Gasteiger partial charge on any atom is -0.489 e. The van der Waals surface area contributed by atoms with Gasteiger partial charge in [-0.25, -0.2) is 9.49 Å². The van der Waals surface area contributed by atoms with Crippen LogP contribution in [-0.4, -0.2) is 43.6 Å². The van der Waals surface area contributed by atoms with Crippen LogP contribution in [-0.2, 0) is 24.0 Å². The zero-order valence-electron chi connectivity index (χ0n) is 19.6. The first-order valence-corrected chi connectivity index (χ1v) is 12.7. The van der Waals surface area contributed by atoms with Crippen LogP contribution in [0.1, 0.15) is 24.1 Å². The molecule has 1 fully saturated rings. The molecule has 5 N–H and O–H groups in total. The van der Waals surface area contributed by atoms with E-state index in [0.29, 0.717) is 33.3 Å². The van der Waals surface area contributed by atoms with Crippen molar-refractivity contribution < 1.29 is 26.7 Å². The van der Waals surface area contributed by atoms with Gasteiger partial charge in [0, 0.05) is 30.6 Å². The number of aryl methyl sites for hydroxylation is 1. The molecule has 15 heteroatoms. The van der Waals surface area contributed by atoms with Crippen molar-refractivity contribution in [2.75, 3.05) is 0 Å². The number of nitriles is 1. The van der Waals surface area contributed by atoms with E-state index < -0.39 is 16.2 Å². The van der Waals surface area contributed by atoms with Crippen LogP contribution in [0, 0.1) is 17.1 Å². The summed E-state index contributed by atoms with van der Waals surface area (Å²) in [6.45, 7) is 0.125. The quantitative estimate of drug-likeness (QED) is 0.262. The van der Waals surface area contributed by atoms with Crippen molar-refractivity contribution in [3.8, 4) is 34.2 Å². The molecule has 1 saturated carbocycles. The Labute approximate surface area is 220 Å². The molecule has 4 aromatic rings. The van der Waals surface area contributed by atoms with Gasteiger partial charge in [0.05, 0.1) is 39.7 Å². The number of hydrogen-bond acceptors (Lipinski definition) is 8. The average molecular weight is 563 g/mol. The topological polar surface area (TPSA) is 197 Å². The predicted molar refractivity (Wildman–Crippen MR) is 135 cm³/mol. The van der Waals surface area contributed by atoms with Gasteiger partial charge < -0.3 is 10.5 Å². The van der Waals surface area contributed by atoms with Crippen LogP contribution in [0.3, 0.4) is 0 Å². The maximum Gasteiger partial charge on any atom is 0.394 e. The number of nitrogens with two attached hydrogens (primary N) is 1. The average Bonchev–Trinajstić information content (AvgIpc) is 3.59. The third-order valence-electron chi connectivity index (χ3n) is 5.66. The third-order valence-corrected chi connectivity index (χ3v) is 5.94. The lowest BCUT2D eigenvalue weighted by molar-refractivity contribution is 0.302. The van der Waals surface area contributed by atoms with Crippen LogP contribution < -0.4 is 16.0 Å². The van der Waals surface area contributed by atoms with E-state index in [1.165, 1.54) is 10.7 Å². The van der Waals surface area contributed by atoms with Gasteiger partial charge in [-0.3, -0.25) is 18.6 Å². The molecule has 198 valence electrons. The van der Waals surface area contributed by atoms with Gasteiger partial charge in [0.15, 0.2) is 5.82 Å². The van der Waals surface area contributed by atoms with Crippen molar-refractivity contribution in [2.45, 2.75) is 25.5 Å². The highest BCUT2D eigenvalue weighted by Gasteiger charge is 2.29. The van der Waals surface area contributed by atoms with E-state index in [1.54, 1.807) is 31.4 Å². The van der Waals surface area contributed by atoms with E-state index in [9.17, 15) is 10.1 Å². The zero-order valence-corrected chi connectivity index (χ0v) is 21.2. The van der Waals surface area contributed by atoms with E-state index in [0.717, 1.165) is 12.8 Å². The standard InChI is InChI=1S/C23H18ClFN6O2.H2O4S/c1-31-22(20-15(8-26)19(33-12-3-4-12)7-17(24)21(20)25)16(10-28-31)11-2-5-13-14(6-11)18(9-27)29-30-23(13)32;1-5(2,3)4/h2,5-7,10,12H,3-4,9,27H2,1H3,(H,30,32);(H2,1,2,3,4). The summed E-state index contributed by atoms with van der Waals surface area (Å²) < 4.78 is 54.3. The highest BCUT2D eigenvalue weighted by atomic mass is 35.5. The van der Waals surface area contributed by atoms with E-state index in [2.05, 4.69) is 21.4 Å². The zero-order chi connectivity index (χ0) is 27.8. The summed E-state index contributed by atoms with van der Waals surface area (Å²) in [4.78, 5) is 12.2. The number of H-pyrrole nitrogens is 1. The molecular weight excluding hydrogens is 543 g/mol. The molecule has 0 unspecified atom stereocenters. The molecule has 0 aliphatic heterocycles. The fraction of sp³-hybridized carbons (Fsp3) is 0.217. The summed E-state index contributed by atoms with van der Waals surface area (Å²) in [5, 5.41) is 21.5. The van der Waals surface area contributed by atoms with Crippen LogP contribution >= 0.6 is 11.6 Å². The minimum atomic E-state index is -4.67. The Morgan fingerprint density at radius 3 is 2.61 bits per heavy atom. The Balaban J connectivity index is 0.000000617. The number of nitrogens with one attached hydrogen (secondary N) is 1. The van der Waals surface area contributed by atoms with Gasteiger partial charge in [-0.1, -0.05) is 17.7 Å². The van der Waals surface area contributed by atoms with E-state index in [-0.39, 0.29) is 40.1 Å². The molecule has 2 aromatic heterocycles. The van der Waals surface area contributed by atoms with Crippen molar-refractivity contribution in [1.82, 2.24) is 20.0 Å². The van der Waals surface area contributed by atoms with E-state index in [4.69, 9.17) is 39.6 Å². The number of nitrogens with zero attached hydrogens (tertiary/aromatic N) is 4. The van der Waals surface area contributed by atoms with Crippen LogP contribution in [0.25, 0.3) is 33.2 Å². The Morgan fingerprint density at radius 1 is 1.32 bits per heavy atom. The van der Waals surface area contributed by atoms with Gasteiger partial charge in [-0.2, -0.15) is 23.9 Å². The molecular formula is C23H20ClFN6O6S. The normalized spacial score (nSPS) is 13.1. The van der Waals surface area contributed by atoms with Crippen LogP contribution in [0.2, 0.25) is 5.02 Å². The number of hydrogen-bond donors (Lipinski definition) is 4. The number of benzene rings is 2. The SMILES string of the molecule is Cn1ncc(-c2ccc3c(=O)[nH]nc(CN)c3c2)c1-c1c(F)c(Cl)cc(OC2CC2)c1C#N.O=S(=O)(O)O. The van der Waals surface area contributed by atoms with Gasteiger partial charge in [0.25, 0.3) is 5.56 Å². The minimum absolute atomic E-state index is 0.00162. The molecule has 0 saturated heterocycles. The fourth-order valence-corrected chi connectivity index (χ4v) is 4.08. The molecule has 12 nitrogen and oxygen atoms in total. The Morgan fingerprint density at radius 2 is 2.00 bits per heavy atom. The van der Waals surface area contributed by atoms with E-state index >= 15 is 4.39 Å². The van der Waals surface area contributed by atoms with Gasteiger partial charge in [-0.05, 0) is 30.5 Å². The summed E-state index contributed by atoms with van der Waals surface area (Å²) >= 11 is 6.20. The third kappa shape index (κ3) is 5.67. The second-order valence-corrected chi connectivity index (χ2v) is 9.59. The van der Waals surface area contributed by atoms with Crippen LogP contribution in [0.4, 0.5) is 4.39 Å².